The van der Waals surface area contributed by atoms with Crippen LogP contribution in [-0.2, 0) is 11.2 Å². The molecule has 2 aromatic rings. The van der Waals surface area contributed by atoms with Gasteiger partial charge in [-0.3, -0.25) is 9.69 Å². The Hall–Kier alpha value is -2.14. The van der Waals surface area contributed by atoms with Gasteiger partial charge in [0, 0.05) is 38.1 Å². The van der Waals surface area contributed by atoms with Gasteiger partial charge in [0.25, 0.3) is 0 Å². The lowest BCUT2D eigenvalue weighted by molar-refractivity contribution is -0.134. The van der Waals surface area contributed by atoms with E-state index in [1.54, 1.807) is 6.20 Å². The van der Waals surface area contributed by atoms with Gasteiger partial charge in [0.05, 0.1) is 12.1 Å². The van der Waals surface area contributed by atoms with E-state index < -0.39 is 0 Å². The van der Waals surface area contributed by atoms with E-state index in [1.807, 2.05) is 41.2 Å². The minimum Gasteiger partial charge on any atom is -0.340 e. The van der Waals surface area contributed by atoms with Crippen molar-refractivity contribution in [2.75, 3.05) is 26.2 Å². The maximum Gasteiger partial charge on any atom is 0.227 e. The van der Waals surface area contributed by atoms with Crippen molar-refractivity contribution in [3.05, 3.63) is 48.3 Å². The van der Waals surface area contributed by atoms with E-state index in [4.69, 9.17) is 0 Å². The molecule has 1 aromatic heterocycles. The summed E-state index contributed by atoms with van der Waals surface area (Å²) in [6.45, 7) is 4.03. The second kappa shape index (κ2) is 6.77. The smallest absolute Gasteiger partial charge is 0.227 e. The van der Waals surface area contributed by atoms with Gasteiger partial charge in [-0.2, -0.15) is 5.10 Å². The molecule has 0 unspecified atom stereocenters. The number of amides is 1. The largest absolute Gasteiger partial charge is 0.340 e. The van der Waals surface area contributed by atoms with E-state index >= 15 is 0 Å². The third kappa shape index (κ3) is 3.22. The van der Waals surface area contributed by atoms with Crippen molar-refractivity contribution in [1.82, 2.24) is 19.6 Å². The Labute approximate surface area is 142 Å². The number of fused-ring (bicyclic) bond motifs is 1. The number of aromatic nitrogens is 2. The molecule has 1 aromatic carbocycles. The van der Waals surface area contributed by atoms with Gasteiger partial charge in [-0.25, -0.2) is 4.68 Å². The van der Waals surface area contributed by atoms with Crippen molar-refractivity contribution >= 4 is 5.91 Å². The van der Waals surface area contributed by atoms with E-state index in [1.165, 1.54) is 25.8 Å². The summed E-state index contributed by atoms with van der Waals surface area (Å²) in [5, 5.41) is 4.23. The number of piperazine rings is 1. The highest BCUT2D eigenvalue weighted by atomic mass is 16.2. The van der Waals surface area contributed by atoms with Crippen molar-refractivity contribution in [1.29, 1.82) is 0 Å². The van der Waals surface area contributed by atoms with Gasteiger partial charge in [0.1, 0.15) is 0 Å². The Morgan fingerprint density at radius 3 is 2.79 bits per heavy atom. The second-order valence-electron chi connectivity index (χ2n) is 6.82. The van der Waals surface area contributed by atoms with Crippen LogP contribution in [0.3, 0.4) is 0 Å². The summed E-state index contributed by atoms with van der Waals surface area (Å²) in [7, 11) is 0. The van der Waals surface area contributed by atoms with Crippen LogP contribution in [0.25, 0.3) is 5.69 Å². The van der Waals surface area contributed by atoms with Gasteiger partial charge < -0.3 is 4.90 Å². The average molecular weight is 324 g/mol. The molecule has 2 fully saturated rings. The third-order valence-electron chi connectivity index (χ3n) is 5.25. The third-order valence-corrected chi connectivity index (χ3v) is 5.25. The molecule has 126 valence electrons. The van der Waals surface area contributed by atoms with Crippen LogP contribution in [0.1, 0.15) is 24.8 Å². The predicted molar refractivity (Wildman–Crippen MR) is 93.1 cm³/mol. The number of hydrogen-bond acceptors (Lipinski definition) is 3. The molecule has 2 aliphatic rings. The quantitative estimate of drug-likeness (QED) is 0.868. The van der Waals surface area contributed by atoms with E-state index in [2.05, 4.69) is 14.9 Å². The Morgan fingerprint density at radius 1 is 1.12 bits per heavy atom. The fourth-order valence-electron chi connectivity index (χ4n) is 3.86. The maximum absolute atomic E-state index is 12.6. The summed E-state index contributed by atoms with van der Waals surface area (Å²) in [4.78, 5) is 17.3. The molecule has 24 heavy (non-hydrogen) atoms. The van der Waals surface area contributed by atoms with Crippen molar-refractivity contribution in [3.63, 3.8) is 0 Å². The molecular formula is C19H24N4O. The van der Waals surface area contributed by atoms with E-state index in [0.717, 1.165) is 30.9 Å². The summed E-state index contributed by atoms with van der Waals surface area (Å²) in [5.74, 6) is 0.257. The monoisotopic (exact) mass is 324 g/mol. The van der Waals surface area contributed by atoms with Crippen LogP contribution in [0.2, 0.25) is 0 Å². The molecular weight excluding hydrogens is 300 g/mol. The van der Waals surface area contributed by atoms with Crippen molar-refractivity contribution in [2.24, 2.45) is 0 Å². The number of nitrogens with zero attached hydrogens (tertiary/aromatic N) is 4. The van der Waals surface area contributed by atoms with Crippen LogP contribution < -0.4 is 0 Å². The van der Waals surface area contributed by atoms with Gasteiger partial charge in [-0.1, -0.05) is 18.6 Å². The van der Waals surface area contributed by atoms with Crippen LogP contribution in [0.4, 0.5) is 0 Å². The topological polar surface area (TPSA) is 41.4 Å². The Kier molecular flexibility index (Phi) is 4.34. The van der Waals surface area contributed by atoms with E-state index in [-0.39, 0.29) is 5.91 Å². The molecule has 1 amide bonds. The number of rotatable bonds is 3. The first-order valence-electron chi connectivity index (χ1n) is 8.90. The van der Waals surface area contributed by atoms with Crippen LogP contribution in [0.5, 0.6) is 0 Å². The Balaban J connectivity index is 1.37. The molecule has 3 heterocycles. The molecule has 4 rings (SSSR count). The van der Waals surface area contributed by atoms with Gasteiger partial charge in [-0.15, -0.1) is 0 Å². The first kappa shape index (κ1) is 15.4. The maximum atomic E-state index is 12.6. The zero-order chi connectivity index (χ0) is 16.4. The number of piperidine rings is 1. The average Bonchev–Trinajstić information content (AvgIpc) is 3.16. The second-order valence-corrected chi connectivity index (χ2v) is 6.82. The zero-order valence-corrected chi connectivity index (χ0v) is 14.0. The van der Waals surface area contributed by atoms with Crippen LogP contribution >= 0.6 is 0 Å². The molecule has 0 aliphatic carbocycles. The number of hydrogen-bond donors (Lipinski definition) is 0. The normalized spacial score (nSPS) is 21.5. The standard InChI is InChI=1S/C19H24N4O/c24-19(22-13-12-21-10-2-1-4-18(21)15-22)14-16-5-7-17(8-6-16)23-11-3-9-20-23/h3,5-9,11,18H,1-2,4,10,12-15H2/t18-/m0/s1. The summed E-state index contributed by atoms with van der Waals surface area (Å²) >= 11 is 0. The fourth-order valence-corrected chi connectivity index (χ4v) is 3.86. The lowest BCUT2D eigenvalue weighted by Gasteiger charge is -2.44. The number of benzene rings is 1. The molecule has 5 nitrogen and oxygen atoms in total. The first-order chi connectivity index (χ1) is 11.8. The highest BCUT2D eigenvalue weighted by Gasteiger charge is 2.30. The van der Waals surface area contributed by atoms with E-state index in [0.29, 0.717) is 12.5 Å². The minimum atomic E-state index is 0.257. The lowest BCUT2D eigenvalue weighted by atomic mass is 9.99. The molecule has 0 bridgehead atoms. The minimum absolute atomic E-state index is 0.257. The fraction of sp³-hybridized carbons (Fsp3) is 0.474. The van der Waals surface area contributed by atoms with E-state index in [9.17, 15) is 4.79 Å². The molecule has 0 N–H and O–H groups in total. The molecule has 5 heteroatoms. The SMILES string of the molecule is O=C(Cc1ccc(-n2cccn2)cc1)N1CCN2CCCC[C@H]2C1. The molecule has 2 saturated heterocycles. The van der Waals surface area contributed by atoms with Crippen molar-refractivity contribution in [3.8, 4) is 5.69 Å². The lowest BCUT2D eigenvalue weighted by Crippen LogP contribution is -2.56. The van der Waals surface area contributed by atoms with Gasteiger partial charge in [0.2, 0.25) is 5.91 Å². The molecule has 2 aliphatic heterocycles. The summed E-state index contributed by atoms with van der Waals surface area (Å²) in [6.07, 6.45) is 8.03. The highest BCUT2D eigenvalue weighted by molar-refractivity contribution is 5.79. The predicted octanol–water partition coefficient (Wildman–Crippen LogP) is 2.11. The van der Waals surface area contributed by atoms with Crippen LogP contribution in [0.15, 0.2) is 42.7 Å². The van der Waals surface area contributed by atoms with Crippen molar-refractivity contribution in [2.45, 2.75) is 31.7 Å². The number of carbonyl (C=O) groups excluding carboxylic acids is 1. The molecule has 0 radical (unpaired) electrons. The highest BCUT2D eigenvalue weighted by Crippen LogP contribution is 2.21. The van der Waals surface area contributed by atoms with Crippen molar-refractivity contribution < 1.29 is 4.79 Å². The van der Waals surface area contributed by atoms with Gasteiger partial charge in [0.15, 0.2) is 0 Å². The molecule has 0 spiro atoms. The van der Waals surface area contributed by atoms with Gasteiger partial charge in [-0.05, 0) is 43.1 Å². The summed E-state index contributed by atoms with van der Waals surface area (Å²) in [6, 6.07) is 10.6. The summed E-state index contributed by atoms with van der Waals surface area (Å²) in [5.41, 5.74) is 2.09. The van der Waals surface area contributed by atoms with Gasteiger partial charge >= 0.3 is 0 Å². The van der Waals surface area contributed by atoms with Crippen LogP contribution in [-0.4, -0.2) is 57.7 Å². The Morgan fingerprint density at radius 2 is 2.00 bits per heavy atom. The first-order valence-corrected chi connectivity index (χ1v) is 8.90. The number of carbonyl (C=O) groups is 1. The zero-order valence-electron chi connectivity index (χ0n) is 14.0. The Bertz CT molecular complexity index is 680. The molecule has 0 saturated carbocycles. The summed E-state index contributed by atoms with van der Waals surface area (Å²) < 4.78 is 1.83. The molecule has 1 atom stereocenters. The van der Waals surface area contributed by atoms with Crippen LogP contribution in [0, 0.1) is 0 Å².